The van der Waals surface area contributed by atoms with E-state index in [-0.39, 0.29) is 5.96 Å². The van der Waals surface area contributed by atoms with Crippen molar-refractivity contribution >= 4 is 23.3 Å². The van der Waals surface area contributed by atoms with Gasteiger partial charge in [-0.05, 0) is 51.0 Å². The second-order valence-corrected chi connectivity index (χ2v) is 10.4. The summed E-state index contributed by atoms with van der Waals surface area (Å²) in [6.07, 6.45) is 0.555. The summed E-state index contributed by atoms with van der Waals surface area (Å²) in [5.41, 5.74) is 18.6. The quantitative estimate of drug-likeness (QED) is 0.174. The summed E-state index contributed by atoms with van der Waals surface area (Å²) in [4.78, 5) is 4.40. The number of guanidine groups is 1. The highest BCUT2D eigenvalue weighted by Gasteiger charge is 2.29. The van der Waals surface area contributed by atoms with Crippen LogP contribution < -0.4 is 16.8 Å². The molecule has 0 aliphatic heterocycles. The number of nitrogens with one attached hydrogen (secondary N) is 1. The number of para-hydroxylation sites is 1. The minimum atomic E-state index is -0.568. The molecule has 9 nitrogen and oxygen atoms in total. The van der Waals surface area contributed by atoms with Crippen LogP contribution in [0.1, 0.15) is 30.5 Å². The van der Waals surface area contributed by atoms with Crippen LogP contribution in [0.25, 0.3) is 22.5 Å². The summed E-state index contributed by atoms with van der Waals surface area (Å²) in [6, 6.07) is 31.4. The van der Waals surface area contributed by atoms with Gasteiger partial charge in [-0.3, -0.25) is 0 Å². The molecule has 2 aromatic heterocycles. The number of nitrogens with zero attached hydrogens (tertiary/aromatic N) is 6. The first-order valence-electron chi connectivity index (χ1n) is 13.2. The number of nitriles is 1. The number of hydrogen-bond acceptors (Lipinski definition) is 6. The average Bonchev–Trinajstić information content (AvgIpc) is 3.32. The first-order valence-corrected chi connectivity index (χ1v) is 13.2. The highest BCUT2D eigenvalue weighted by Crippen LogP contribution is 2.33. The van der Waals surface area contributed by atoms with Crippen molar-refractivity contribution in [1.29, 1.82) is 5.26 Å². The molecular formula is C32H31N9. The smallest absolute Gasteiger partial charge is 0.199 e. The van der Waals surface area contributed by atoms with Gasteiger partial charge in [-0.1, -0.05) is 78.4 Å². The minimum Gasteiger partial charge on any atom is -0.383 e. The fourth-order valence-corrected chi connectivity index (χ4v) is 4.69. The molecule has 0 fully saturated rings. The Balaban J connectivity index is 1.38. The van der Waals surface area contributed by atoms with E-state index in [4.69, 9.17) is 16.6 Å². The summed E-state index contributed by atoms with van der Waals surface area (Å²) in [7, 11) is 0. The summed E-state index contributed by atoms with van der Waals surface area (Å²) < 4.78 is 1.73. The predicted octanol–water partition coefficient (Wildman–Crippen LogP) is 5.81. The maximum atomic E-state index is 9.89. The molecule has 0 atom stereocenters. The predicted molar refractivity (Wildman–Crippen MR) is 163 cm³/mol. The van der Waals surface area contributed by atoms with E-state index < -0.39 is 5.54 Å². The minimum absolute atomic E-state index is 0.184. The van der Waals surface area contributed by atoms with Crippen molar-refractivity contribution in [2.45, 2.75) is 32.7 Å². The molecule has 0 saturated carbocycles. The van der Waals surface area contributed by atoms with Crippen LogP contribution >= 0.6 is 0 Å². The number of nitrogens with two attached hydrogens (primary N) is 2. The van der Waals surface area contributed by atoms with Crippen molar-refractivity contribution in [3.8, 4) is 28.6 Å². The van der Waals surface area contributed by atoms with E-state index in [1.807, 2.05) is 106 Å². The van der Waals surface area contributed by atoms with Gasteiger partial charge in [0.15, 0.2) is 11.8 Å². The summed E-state index contributed by atoms with van der Waals surface area (Å²) in [5, 5.41) is 26.4. The molecule has 0 amide bonds. The summed E-state index contributed by atoms with van der Waals surface area (Å²) >= 11 is 0. The number of aliphatic imine (C=N–C) groups is 1. The fourth-order valence-electron chi connectivity index (χ4n) is 4.69. The SMILES string of the molecule is Cc1ccc(-c2nn(C(C)(C)Cc3ccccc3NC(N)=Nc3ccc(-c4ccccc4)nn3)c(N)c2C#N)cc1. The maximum absolute atomic E-state index is 9.89. The van der Waals surface area contributed by atoms with Crippen LogP contribution in [0, 0.1) is 18.3 Å². The Morgan fingerprint density at radius 3 is 2.32 bits per heavy atom. The molecule has 204 valence electrons. The van der Waals surface area contributed by atoms with Crippen molar-refractivity contribution < 1.29 is 0 Å². The van der Waals surface area contributed by atoms with Gasteiger partial charge in [0.25, 0.3) is 0 Å². The topological polar surface area (TPSA) is 144 Å². The highest BCUT2D eigenvalue weighted by atomic mass is 15.4. The van der Waals surface area contributed by atoms with Crippen LogP contribution in [0.3, 0.4) is 0 Å². The third-order valence-electron chi connectivity index (χ3n) is 6.79. The number of hydrogen-bond donors (Lipinski definition) is 3. The number of rotatable bonds is 7. The van der Waals surface area contributed by atoms with Gasteiger partial charge < -0.3 is 16.8 Å². The fraction of sp³-hybridized carbons (Fsp3) is 0.156. The largest absolute Gasteiger partial charge is 0.383 e. The van der Waals surface area contributed by atoms with Gasteiger partial charge in [-0.25, -0.2) is 4.68 Å². The van der Waals surface area contributed by atoms with E-state index in [9.17, 15) is 5.26 Å². The van der Waals surface area contributed by atoms with Crippen molar-refractivity contribution in [3.05, 3.63) is 108 Å². The van der Waals surface area contributed by atoms with Crippen molar-refractivity contribution in [3.63, 3.8) is 0 Å². The molecule has 2 heterocycles. The second kappa shape index (κ2) is 11.3. The second-order valence-electron chi connectivity index (χ2n) is 10.4. The van der Waals surface area contributed by atoms with Crippen LogP contribution in [0.15, 0.2) is 96.0 Å². The lowest BCUT2D eigenvalue weighted by Gasteiger charge is -2.28. The zero-order valence-corrected chi connectivity index (χ0v) is 23.2. The highest BCUT2D eigenvalue weighted by molar-refractivity contribution is 5.94. The molecule has 3 aromatic carbocycles. The Morgan fingerprint density at radius 1 is 0.927 bits per heavy atom. The molecule has 0 saturated heterocycles. The van der Waals surface area contributed by atoms with Gasteiger partial charge >= 0.3 is 0 Å². The Labute approximate surface area is 239 Å². The van der Waals surface area contributed by atoms with Gasteiger partial charge in [0.1, 0.15) is 23.1 Å². The normalized spacial score (nSPS) is 11.7. The van der Waals surface area contributed by atoms with Crippen molar-refractivity contribution in [2.24, 2.45) is 10.7 Å². The average molecular weight is 542 g/mol. The molecule has 0 spiro atoms. The zero-order valence-electron chi connectivity index (χ0n) is 23.2. The van der Waals surface area contributed by atoms with Gasteiger partial charge in [0.2, 0.25) is 0 Å². The first kappa shape index (κ1) is 27.1. The molecule has 0 aliphatic rings. The lowest BCUT2D eigenvalue weighted by atomic mass is 9.94. The Kier molecular flexibility index (Phi) is 7.48. The lowest BCUT2D eigenvalue weighted by molar-refractivity contribution is 0.323. The van der Waals surface area contributed by atoms with Crippen LogP contribution in [-0.2, 0) is 12.0 Å². The molecule has 0 bridgehead atoms. The Morgan fingerprint density at radius 2 is 1.63 bits per heavy atom. The van der Waals surface area contributed by atoms with Gasteiger partial charge in [0, 0.05) is 16.8 Å². The van der Waals surface area contributed by atoms with E-state index in [1.165, 1.54) is 0 Å². The lowest BCUT2D eigenvalue weighted by Crippen LogP contribution is -2.32. The van der Waals surface area contributed by atoms with Crippen LogP contribution in [-0.4, -0.2) is 25.9 Å². The van der Waals surface area contributed by atoms with Crippen LogP contribution in [0.4, 0.5) is 17.3 Å². The van der Waals surface area contributed by atoms with E-state index in [1.54, 1.807) is 10.7 Å². The third kappa shape index (κ3) is 5.92. The molecule has 9 heteroatoms. The zero-order chi connectivity index (χ0) is 29.0. The number of aromatic nitrogens is 4. The molecule has 0 radical (unpaired) electrons. The maximum Gasteiger partial charge on any atom is 0.199 e. The van der Waals surface area contributed by atoms with Gasteiger partial charge in [0.05, 0.1) is 11.2 Å². The van der Waals surface area contributed by atoms with E-state index in [2.05, 4.69) is 26.6 Å². The van der Waals surface area contributed by atoms with E-state index >= 15 is 0 Å². The molecule has 5 aromatic rings. The van der Waals surface area contributed by atoms with Crippen molar-refractivity contribution in [2.75, 3.05) is 11.1 Å². The molecule has 0 aliphatic carbocycles. The molecule has 5 N–H and O–H groups in total. The summed E-state index contributed by atoms with van der Waals surface area (Å²) in [6.45, 7) is 6.09. The van der Waals surface area contributed by atoms with Crippen molar-refractivity contribution in [1.82, 2.24) is 20.0 Å². The standard InChI is InChI=1S/C32H31N9/c1-21-13-15-23(16-14-21)29-25(20-33)30(34)41(40-29)32(2,3)19-24-11-7-8-12-26(24)36-31(35)37-28-18-17-27(38-39-28)22-9-5-4-6-10-22/h4-18H,19,34H2,1-3H3,(H3,35,36,37,39). The van der Waals surface area contributed by atoms with Gasteiger partial charge in [-0.15, -0.1) is 10.2 Å². The third-order valence-corrected chi connectivity index (χ3v) is 6.79. The number of anilines is 2. The number of aryl methyl sites for hydroxylation is 1. The van der Waals surface area contributed by atoms with Gasteiger partial charge in [-0.2, -0.15) is 15.4 Å². The molecular weight excluding hydrogens is 510 g/mol. The Bertz CT molecular complexity index is 1730. The Hall–Kier alpha value is -5.49. The number of nitrogen functional groups attached to an aromatic ring is 1. The number of benzene rings is 3. The van der Waals surface area contributed by atoms with E-state index in [0.29, 0.717) is 29.3 Å². The summed E-state index contributed by atoms with van der Waals surface area (Å²) in [5.74, 6) is 0.908. The van der Waals surface area contributed by atoms with E-state index in [0.717, 1.165) is 33.6 Å². The van der Waals surface area contributed by atoms with Crippen LogP contribution in [0.2, 0.25) is 0 Å². The molecule has 41 heavy (non-hydrogen) atoms. The van der Waals surface area contributed by atoms with Crippen LogP contribution in [0.5, 0.6) is 0 Å². The molecule has 0 unspecified atom stereocenters. The monoisotopic (exact) mass is 541 g/mol. The first-order chi connectivity index (χ1) is 19.7. The molecule has 5 rings (SSSR count).